The Hall–Kier alpha value is -3.16. The van der Waals surface area contributed by atoms with E-state index in [1.54, 1.807) is 6.08 Å². The fraction of sp³-hybridized carbons (Fsp3) is 0.871. The summed E-state index contributed by atoms with van der Waals surface area (Å²) in [5.74, 6) is -1.07. The topological polar surface area (TPSA) is 448 Å². The fourth-order valence-corrected chi connectivity index (χ4v) is 16.7. The van der Waals surface area contributed by atoms with Crippen LogP contribution in [-0.2, 0) is 66.5 Å². The summed E-state index contributed by atoms with van der Waals surface area (Å²) in [5, 5.41) is 147. The predicted molar refractivity (Wildman–Crippen MR) is 309 cm³/mol. The molecular formula is C62H98N2O27. The van der Waals surface area contributed by atoms with E-state index in [1.165, 1.54) is 5.57 Å². The highest BCUT2D eigenvalue weighted by Gasteiger charge is 2.63. The minimum atomic E-state index is -2.00. The van der Waals surface area contributed by atoms with Crippen molar-refractivity contribution < 1.29 is 133 Å². The summed E-state index contributed by atoms with van der Waals surface area (Å²) in [7, 11) is 0. The molecule has 29 nitrogen and oxygen atoms in total. The van der Waals surface area contributed by atoms with Crippen molar-refractivity contribution >= 4 is 23.4 Å². The summed E-state index contributed by atoms with van der Waals surface area (Å²) in [6.45, 7) is 13.0. The van der Waals surface area contributed by atoms with Crippen molar-refractivity contribution in [3.8, 4) is 0 Å². The van der Waals surface area contributed by atoms with Gasteiger partial charge in [0.25, 0.3) is 0 Å². The number of rotatable bonds is 20. The van der Waals surface area contributed by atoms with Crippen LogP contribution in [0.15, 0.2) is 22.8 Å². The van der Waals surface area contributed by atoms with Gasteiger partial charge in [-0.1, -0.05) is 45.8 Å². The van der Waals surface area contributed by atoms with E-state index in [2.05, 4.69) is 45.3 Å². The molecule has 8 fully saturated rings. The normalized spacial score (nSPS) is 46.9. The van der Waals surface area contributed by atoms with Gasteiger partial charge in [0, 0.05) is 32.3 Å². The Kier molecular flexibility index (Phi) is 22.9. The molecule has 0 radical (unpaired) electrons. The molecule has 0 aromatic carbocycles. The predicted octanol–water partition coefficient (Wildman–Crippen LogP) is -3.51. The Balaban J connectivity index is 0.990. The van der Waals surface area contributed by atoms with Crippen LogP contribution >= 0.6 is 0 Å². The van der Waals surface area contributed by atoms with Crippen LogP contribution in [0.1, 0.15) is 114 Å². The number of carbonyl (C=O) groups is 4. The van der Waals surface area contributed by atoms with Gasteiger partial charge in [0.1, 0.15) is 116 Å². The number of Topliss-reactive ketones (excluding diaryl/α,β-unsaturated/α-hetero) is 1. The molecular weight excluding hydrogens is 1200 g/mol. The molecule has 5 saturated heterocycles. The van der Waals surface area contributed by atoms with Crippen molar-refractivity contribution in [2.75, 3.05) is 33.0 Å². The summed E-state index contributed by atoms with van der Waals surface area (Å²) in [6, 6.07) is -3.10. The van der Waals surface area contributed by atoms with Crippen LogP contribution in [0.2, 0.25) is 0 Å². The number of hydrogen-bond acceptors (Lipinski definition) is 27. The molecule has 5 heterocycles. The summed E-state index contributed by atoms with van der Waals surface area (Å²) in [6.07, 6.45) is -32.8. The second-order valence-electron chi connectivity index (χ2n) is 28.1. The van der Waals surface area contributed by atoms with Gasteiger partial charge < -0.3 is 124 Å². The van der Waals surface area contributed by atoms with Crippen LogP contribution in [0.3, 0.4) is 0 Å². The van der Waals surface area contributed by atoms with E-state index in [-0.39, 0.29) is 46.1 Å². The molecule has 0 spiro atoms. The van der Waals surface area contributed by atoms with Crippen LogP contribution < -0.4 is 10.6 Å². The molecule has 9 aliphatic rings. The molecule has 2 amide bonds. The fourth-order valence-electron chi connectivity index (χ4n) is 16.7. The molecule has 31 unspecified atom stereocenters. The monoisotopic (exact) mass is 1300 g/mol. The first kappa shape index (κ1) is 72.1. The highest BCUT2D eigenvalue weighted by Crippen LogP contribution is 2.68. The van der Waals surface area contributed by atoms with Gasteiger partial charge in [0.2, 0.25) is 11.8 Å². The molecule has 31 atom stereocenters. The highest BCUT2D eigenvalue weighted by atomic mass is 16.8. The first-order valence-corrected chi connectivity index (χ1v) is 31.9. The van der Waals surface area contributed by atoms with E-state index >= 15 is 0 Å². The zero-order valence-electron chi connectivity index (χ0n) is 53.0. The first-order valence-electron chi connectivity index (χ1n) is 31.9. The average Bonchev–Trinajstić information content (AvgIpc) is 1.69. The van der Waals surface area contributed by atoms with Gasteiger partial charge in [0.15, 0.2) is 43.0 Å². The van der Waals surface area contributed by atoms with Gasteiger partial charge in [-0.25, -0.2) is 0 Å². The number of aliphatic hydroxyl groups is 13. The smallest absolute Gasteiger partial charge is 0.217 e. The minimum Gasteiger partial charge on any atom is -0.394 e. The summed E-state index contributed by atoms with van der Waals surface area (Å²) >= 11 is 0. The van der Waals surface area contributed by atoms with Gasteiger partial charge in [-0.15, -0.1) is 0 Å². The number of nitrogens with one attached hydrogen (secondary N) is 2. The average molecular weight is 1300 g/mol. The lowest BCUT2D eigenvalue weighted by atomic mass is 9.44. The molecule has 29 heteroatoms. The lowest BCUT2D eigenvalue weighted by molar-refractivity contribution is -0.379. The van der Waals surface area contributed by atoms with E-state index in [4.69, 9.17) is 47.4 Å². The number of hydrogen-bond donors (Lipinski definition) is 15. The lowest BCUT2D eigenvalue weighted by Crippen LogP contribution is -2.68. The Morgan fingerprint density at radius 2 is 1.13 bits per heavy atom. The van der Waals surface area contributed by atoms with E-state index < -0.39 is 204 Å². The van der Waals surface area contributed by atoms with Crippen molar-refractivity contribution in [3.63, 3.8) is 0 Å². The largest absolute Gasteiger partial charge is 0.394 e. The van der Waals surface area contributed by atoms with Gasteiger partial charge in [-0.2, -0.15) is 0 Å². The van der Waals surface area contributed by atoms with Gasteiger partial charge in [-0.3, -0.25) is 19.2 Å². The number of allylic oxidation sites excluding steroid dienone is 4. The Morgan fingerprint density at radius 1 is 0.604 bits per heavy atom. The molecule has 0 aromatic rings. The van der Waals surface area contributed by atoms with Crippen molar-refractivity contribution in [1.29, 1.82) is 0 Å². The van der Waals surface area contributed by atoms with Crippen molar-refractivity contribution in [2.45, 2.75) is 267 Å². The van der Waals surface area contributed by atoms with Crippen molar-refractivity contribution in [1.82, 2.24) is 10.6 Å². The molecule has 9 rings (SSSR count). The van der Waals surface area contributed by atoms with Crippen molar-refractivity contribution in [3.05, 3.63) is 22.8 Å². The lowest BCUT2D eigenvalue weighted by Gasteiger charge is -2.62. The Labute approximate surface area is 528 Å². The van der Waals surface area contributed by atoms with E-state index in [0.717, 1.165) is 37.8 Å². The van der Waals surface area contributed by atoms with E-state index in [0.29, 0.717) is 38.5 Å². The van der Waals surface area contributed by atoms with E-state index in [9.17, 15) is 85.6 Å². The van der Waals surface area contributed by atoms with Crippen LogP contribution in [0.5, 0.6) is 0 Å². The van der Waals surface area contributed by atoms with Crippen molar-refractivity contribution in [2.24, 2.45) is 39.9 Å². The van der Waals surface area contributed by atoms with Gasteiger partial charge in [-0.05, 0) is 98.4 Å². The van der Waals surface area contributed by atoms with Gasteiger partial charge in [0.05, 0.1) is 39.1 Å². The molecule has 4 aliphatic carbocycles. The molecule has 5 aliphatic heterocycles. The Bertz CT molecular complexity index is 2630. The number of carbonyl (C=O) groups excluding carboxylic acids is 4. The maximum Gasteiger partial charge on any atom is 0.217 e. The SMILES string of the molecule is CC(=O)NC1C(OC2COC(OC3CCC4(C)C5CCC6(C)C(=C5CCC4C3(C)C)C(=O)CC6C(C)CC(=O)C=C(C)C)C(OC3OC(COC4OC(CO)C(O)C(O)C4OC4OC(CO)C(O)C(O)C4O)C(O)C(O)C3NC(C)=O)C2O)OC(CO)C(O)C1O. The zero-order chi connectivity index (χ0) is 66.7. The molecule has 0 bridgehead atoms. The maximum atomic E-state index is 14.3. The highest BCUT2D eigenvalue weighted by molar-refractivity contribution is 6.01. The van der Waals surface area contributed by atoms with Crippen LogP contribution in [0, 0.1) is 39.9 Å². The van der Waals surface area contributed by atoms with E-state index in [1.807, 2.05) is 13.8 Å². The number of aliphatic hydroxyl groups excluding tert-OH is 13. The number of ether oxygens (including phenoxy) is 10. The standard InChI is InChI=1S/C62H98N2O27/c1-24(2)16-28(70)17-25(3)31-18-32(71)40-29-10-11-38-60(6,7)39(13-15-61(38,8)30(29)12-14-62(31,40)9)89-59-53(47(76)37(23-83-59)88-55-41(63-26(4)68)48(77)43(72)33(19-65)84-55)90-56-42(64-27(5)69)49(78)46(75)36(87-56)22-82-58-54(51(80)45(74)35(21-67)86-58)91-57-52(81)50(79)44(73)34(20-66)85-57/h16,25,30-31,33-39,41-59,65-67,72-81H,10-15,17-23H2,1-9H3,(H,63,68)(H,64,69). The minimum absolute atomic E-state index is 0.00266. The first-order chi connectivity index (χ1) is 42.8. The molecule has 91 heavy (non-hydrogen) atoms. The summed E-state index contributed by atoms with van der Waals surface area (Å²) in [4.78, 5) is 52.8. The van der Waals surface area contributed by atoms with Crippen LogP contribution in [0.4, 0.5) is 0 Å². The third-order valence-electron chi connectivity index (χ3n) is 21.4. The quantitative estimate of drug-likeness (QED) is 0.0415. The number of ketones is 2. The maximum absolute atomic E-state index is 14.3. The molecule has 15 N–H and O–H groups in total. The third-order valence-corrected chi connectivity index (χ3v) is 21.4. The second-order valence-corrected chi connectivity index (χ2v) is 28.1. The second kappa shape index (κ2) is 28.9. The number of fused-ring (bicyclic) bond motifs is 4. The van der Waals surface area contributed by atoms with Crippen LogP contribution in [0.25, 0.3) is 0 Å². The summed E-state index contributed by atoms with van der Waals surface area (Å²) < 4.78 is 61.7. The Morgan fingerprint density at radius 3 is 1.73 bits per heavy atom. The molecule has 0 aromatic heterocycles. The summed E-state index contributed by atoms with van der Waals surface area (Å²) in [5.41, 5.74) is 1.76. The number of amides is 2. The third kappa shape index (κ3) is 14.2. The van der Waals surface area contributed by atoms with Gasteiger partial charge >= 0.3 is 0 Å². The molecule has 3 saturated carbocycles. The molecule has 518 valence electrons. The zero-order valence-corrected chi connectivity index (χ0v) is 53.0. The van der Waals surface area contributed by atoms with Crippen LogP contribution in [-0.4, -0.2) is 276 Å².